The van der Waals surface area contributed by atoms with Crippen molar-refractivity contribution in [3.05, 3.63) is 94.0 Å². The molecule has 0 aliphatic rings. The number of benzene rings is 3. The summed E-state index contributed by atoms with van der Waals surface area (Å²) in [6.07, 6.45) is 0.292. The first kappa shape index (κ1) is 25.0. The molecule has 7 nitrogen and oxygen atoms in total. The molecule has 0 aliphatic carbocycles. The number of amides is 2. The molecule has 0 spiro atoms. The summed E-state index contributed by atoms with van der Waals surface area (Å²) in [6, 6.07) is 21.3. The van der Waals surface area contributed by atoms with E-state index in [9.17, 15) is 14.4 Å². The summed E-state index contributed by atoms with van der Waals surface area (Å²) < 4.78 is 10.7. The highest BCUT2D eigenvalue weighted by molar-refractivity contribution is 9.10. The number of rotatable bonds is 9. The molecule has 0 fully saturated rings. The third-order valence-electron chi connectivity index (χ3n) is 4.81. The van der Waals surface area contributed by atoms with Crippen LogP contribution in [-0.2, 0) is 22.5 Å². The van der Waals surface area contributed by atoms with Crippen molar-refractivity contribution in [2.75, 3.05) is 11.9 Å². The van der Waals surface area contributed by atoms with Gasteiger partial charge in [0.2, 0.25) is 5.91 Å². The van der Waals surface area contributed by atoms with Gasteiger partial charge in [-0.1, -0.05) is 40.2 Å². The van der Waals surface area contributed by atoms with E-state index in [1.807, 2.05) is 36.4 Å². The van der Waals surface area contributed by atoms with Gasteiger partial charge in [-0.05, 0) is 73.0 Å². The summed E-state index contributed by atoms with van der Waals surface area (Å²) in [5, 5.41) is 5.73. The van der Waals surface area contributed by atoms with Crippen LogP contribution >= 0.6 is 15.9 Å². The maximum absolute atomic E-state index is 12.5. The average Bonchev–Trinajstić information content (AvgIpc) is 2.83. The molecule has 0 aliphatic heterocycles. The fourth-order valence-corrected chi connectivity index (χ4v) is 3.51. The Balaban J connectivity index is 1.44. The van der Waals surface area contributed by atoms with Gasteiger partial charge >= 0.3 is 6.16 Å². The molecule has 2 amide bonds. The van der Waals surface area contributed by atoms with E-state index in [-0.39, 0.29) is 24.2 Å². The lowest BCUT2D eigenvalue weighted by Gasteiger charge is -2.09. The van der Waals surface area contributed by atoms with Crippen molar-refractivity contribution in [3.63, 3.8) is 0 Å². The van der Waals surface area contributed by atoms with E-state index >= 15 is 0 Å². The van der Waals surface area contributed by atoms with Gasteiger partial charge in [0.15, 0.2) is 0 Å². The van der Waals surface area contributed by atoms with Gasteiger partial charge in [-0.3, -0.25) is 9.59 Å². The maximum Gasteiger partial charge on any atom is 0.513 e. The zero-order chi connectivity index (χ0) is 24.3. The predicted molar refractivity (Wildman–Crippen MR) is 133 cm³/mol. The molecule has 0 aromatic heterocycles. The van der Waals surface area contributed by atoms with E-state index in [2.05, 4.69) is 26.6 Å². The monoisotopic (exact) mass is 524 g/mol. The van der Waals surface area contributed by atoms with Crippen LogP contribution in [0.15, 0.2) is 77.3 Å². The van der Waals surface area contributed by atoms with Crippen molar-refractivity contribution in [1.29, 1.82) is 0 Å². The predicted octanol–water partition coefficient (Wildman–Crippen LogP) is 5.49. The van der Waals surface area contributed by atoms with Gasteiger partial charge in [0, 0.05) is 28.7 Å². The highest BCUT2D eigenvalue weighted by atomic mass is 79.9. The first-order chi connectivity index (χ1) is 16.4. The van der Waals surface area contributed by atoms with Crippen molar-refractivity contribution in [2.45, 2.75) is 26.3 Å². The summed E-state index contributed by atoms with van der Waals surface area (Å²) in [4.78, 5) is 35.9. The Morgan fingerprint density at radius 2 is 1.65 bits per heavy atom. The summed E-state index contributed by atoms with van der Waals surface area (Å²) in [6.45, 7) is 2.31. The van der Waals surface area contributed by atoms with E-state index < -0.39 is 6.16 Å². The second-order valence-electron chi connectivity index (χ2n) is 7.37. The van der Waals surface area contributed by atoms with Gasteiger partial charge in [0.1, 0.15) is 5.75 Å². The zero-order valence-corrected chi connectivity index (χ0v) is 20.3. The van der Waals surface area contributed by atoms with Gasteiger partial charge < -0.3 is 20.1 Å². The molecule has 0 saturated heterocycles. The SMILES string of the molecule is CCOC(=O)Oc1ccc(C(=O)Nc2ccc(CNC(=O)CCc3cccc(Br)c3)cc2)cc1. The lowest BCUT2D eigenvalue weighted by Crippen LogP contribution is -2.23. The molecule has 0 bridgehead atoms. The Morgan fingerprint density at radius 3 is 2.32 bits per heavy atom. The largest absolute Gasteiger partial charge is 0.513 e. The maximum atomic E-state index is 12.5. The minimum Gasteiger partial charge on any atom is -0.434 e. The van der Waals surface area contributed by atoms with E-state index in [0.717, 1.165) is 15.6 Å². The summed E-state index contributed by atoms with van der Waals surface area (Å²) in [7, 11) is 0. The van der Waals surface area contributed by atoms with E-state index in [4.69, 9.17) is 9.47 Å². The van der Waals surface area contributed by atoms with Crippen LogP contribution in [0.2, 0.25) is 0 Å². The fourth-order valence-electron chi connectivity index (χ4n) is 3.07. The number of carbonyl (C=O) groups excluding carboxylic acids is 3. The zero-order valence-electron chi connectivity index (χ0n) is 18.7. The number of nitrogens with one attached hydrogen (secondary N) is 2. The van der Waals surface area contributed by atoms with Crippen LogP contribution in [0.25, 0.3) is 0 Å². The van der Waals surface area contributed by atoms with Crippen LogP contribution in [-0.4, -0.2) is 24.6 Å². The molecular formula is C26H25BrN2O5. The van der Waals surface area contributed by atoms with Crippen LogP contribution in [0.5, 0.6) is 5.75 Å². The third kappa shape index (κ3) is 8.04. The molecule has 8 heteroatoms. The molecule has 3 aromatic rings. The number of ether oxygens (including phenoxy) is 2. The van der Waals surface area contributed by atoms with Crippen LogP contribution in [0, 0.1) is 0 Å². The molecule has 0 radical (unpaired) electrons. The minimum atomic E-state index is -0.791. The Bertz CT molecular complexity index is 1130. The van der Waals surface area contributed by atoms with E-state index in [1.54, 1.807) is 31.2 Å². The molecule has 3 aromatic carbocycles. The first-order valence-electron chi connectivity index (χ1n) is 10.8. The summed E-state index contributed by atoms with van der Waals surface area (Å²) >= 11 is 3.43. The quantitative estimate of drug-likeness (QED) is 0.285. The highest BCUT2D eigenvalue weighted by Gasteiger charge is 2.09. The molecule has 176 valence electrons. The average molecular weight is 525 g/mol. The standard InChI is InChI=1S/C26H25BrN2O5/c1-2-33-26(32)34-23-13-9-20(10-14-23)25(31)29-22-11-6-19(7-12-22)17-28-24(30)15-8-18-4-3-5-21(27)16-18/h3-7,9-14,16H,2,8,15,17H2,1H3,(H,28,30)(H,29,31). The van der Waals surface area contributed by atoms with Crippen LogP contribution < -0.4 is 15.4 Å². The Morgan fingerprint density at radius 1 is 0.912 bits per heavy atom. The molecule has 3 rings (SSSR count). The lowest BCUT2D eigenvalue weighted by atomic mass is 10.1. The smallest absolute Gasteiger partial charge is 0.434 e. The van der Waals surface area contributed by atoms with Crippen molar-refractivity contribution < 1.29 is 23.9 Å². The van der Waals surface area contributed by atoms with Crippen molar-refractivity contribution in [2.24, 2.45) is 0 Å². The second-order valence-corrected chi connectivity index (χ2v) is 8.28. The Kier molecular flexibility index (Phi) is 9.22. The molecule has 0 heterocycles. The van der Waals surface area contributed by atoms with Crippen molar-refractivity contribution in [3.8, 4) is 5.75 Å². The van der Waals surface area contributed by atoms with Crippen LogP contribution in [0.3, 0.4) is 0 Å². The van der Waals surface area contributed by atoms with Crippen molar-refractivity contribution >= 4 is 39.6 Å². The normalized spacial score (nSPS) is 10.3. The minimum absolute atomic E-state index is 0.0206. The molecule has 0 unspecified atom stereocenters. The van der Waals surface area contributed by atoms with Gasteiger partial charge in [0.25, 0.3) is 5.91 Å². The van der Waals surface area contributed by atoms with Gasteiger partial charge in [-0.2, -0.15) is 0 Å². The number of carbonyl (C=O) groups is 3. The summed E-state index contributed by atoms with van der Waals surface area (Å²) in [5.74, 6) is -0.0259. The molecule has 0 saturated carbocycles. The van der Waals surface area contributed by atoms with E-state index in [0.29, 0.717) is 30.6 Å². The molecular weight excluding hydrogens is 500 g/mol. The van der Waals surface area contributed by atoms with Crippen LogP contribution in [0.1, 0.15) is 34.8 Å². The fraction of sp³-hybridized carbons (Fsp3) is 0.192. The molecule has 34 heavy (non-hydrogen) atoms. The van der Waals surface area contributed by atoms with Gasteiger partial charge in [0.05, 0.1) is 6.61 Å². The Hall–Kier alpha value is -3.65. The number of hydrogen-bond acceptors (Lipinski definition) is 5. The number of aryl methyl sites for hydroxylation is 1. The van der Waals surface area contributed by atoms with Crippen molar-refractivity contribution in [1.82, 2.24) is 5.32 Å². The summed E-state index contributed by atoms with van der Waals surface area (Å²) in [5.41, 5.74) is 3.07. The third-order valence-corrected chi connectivity index (χ3v) is 5.30. The number of halogens is 1. The number of anilines is 1. The highest BCUT2D eigenvalue weighted by Crippen LogP contribution is 2.16. The second kappa shape index (κ2) is 12.6. The van der Waals surface area contributed by atoms with Gasteiger partial charge in [-0.25, -0.2) is 4.79 Å². The van der Waals surface area contributed by atoms with Crippen LogP contribution in [0.4, 0.5) is 10.5 Å². The van der Waals surface area contributed by atoms with E-state index in [1.165, 1.54) is 12.1 Å². The number of hydrogen-bond donors (Lipinski definition) is 2. The molecule has 0 atom stereocenters. The first-order valence-corrected chi connectivity index (χ1v) is 11.6. The molecule has 2 N–H and O–H groups in total. The topological polar surface area (TPSA) is 93.7 Å². The lowest BCUT2D eigenvalue weighted by molar-refractivity contribution is -0.121. The van der Waals surface area contributed by atoms with Gasteiger partial charge in [-0.15, -0.1) is 0 Å². The Labute approximate surface area is 206 Å².